The number of amides is 1. The van der Waals surface area contributed by atoms with Gasteiger partial charge in [0.1, 0.15) is 5.84 Å². The number of nitrogens with two attached hydrogens (primary N) is 1. The van der Waals surface area contributed by atoms with Gasteiger partial charge in [0.15, 0.2) is 0 Å². The van der Waals surface area contributed by atoms with Crippen LogP contribution in [0.3, 0.4) is 0 Å². The van der Waals surface area contributed by atoms with Crippen LogP contribution >= 0.6 is 0 Å². The molecule has 0 heterocycles. The molecule has 0 saturated heterocycles. The van der Waals surface area contributed by atoms with Crippen molar-refractivity contribution in [2.45, 2.75) is 32.1 Å². The van der Waals surface area contributed by atoms with Gasteiger partial charge in [0.25, 0.3) is 0 Å². The summed E-state index contributed by atoms with van der Waals surface area (Å²) in [7, 11) is 0. The third-order valence-electron chi connectivity index (χ3n) is 3.44. The van der Waals surface area contributed by atoms with E-state index in [1.807, 2.05) is 0 Å². The molecule has 0 radical (unpaired) electrons. The van der Waals surface area contributed by atoms with E-state index in [9.17, 15) is 4.79 Å². The molecule has 5 heteroatoms. The monoisotopic (exact) mass is 211 g/mol. The van der Waals surface area contributed by atoms with Gasteiger partial charge in [-0.05, 0) is 37.0 Å². The maximum Gasteiger partial charge on any atom is 0.227 e. The van der Waals surface area contributed by atoms with Crippen molar-refractivity contribution in [1.29, 1.82) is 0 Å². The highest BCUT2D eigenvalue weighted by molar-refractivity contribution is 5.98. The standard InChI is InChI=1S/C10H17N3O2/c11-8(13-15)5-9(14)12-6-10(3-4-10)7-1-2-7/h7,15H,1-6H2,(H2,11,13)(H,12,14). The molecule has 15 heavy (non-hydrogen) atoms. The molecule has 2 rings (SSSR count). The topological polar surface area (TPSA) is 87.7 Å². The highest BCUT2D eigenvalue weighted by Crippen LogP contribution is 2.60. The van der Waals surface area contributed by atoms with E-state index in [1.165, 1.54) is 25.7 Å². The van der Waals surface area contributed by atoms with Crippen LogP contribution < -0.4 is 11.1 Å². The van der Waals surface area contributed by atoms with Crippen molar-refractivity contribution in [2.24, 2.45) is 22.2 Å². The second-order valence-corrected chi connectivity index (χ2v) is 4.68. The average molecular weight is 211 g/mol. The number of nitrogens with one attached hydrogen (secondary N) is 1. The third kappa shape index (κ3) is 2.40. The second-order valence-electron chi connectivity index (χ2n) is 4.68. The Kier molecular flexibility index (Phi) is 2.54. The predicted octanol–water partition coefficient (Wildman–Crippen LogP) is 0.429. The highest BCUT2D eigenvalue weighted by Gasteiger charge is 2.53. The van der Waals surface area contributed by atoms with Crippen molar-refractivity contribution in [3.63, 3.8) is 0 Å². The minimum absolute atomic E-state index is 0.0166. The molecular weight excluding hydrogens is 194 g/mol. The largest absolute Gasteiger partial charge is 0.409 e. The Morgan fingerprint density at radius 1 is 1.53 bits per heavy atom. The first kappa shape index (κ1) is 10.3. The normalized spacial score (nSPS) is 23.6. The lowest BCUT2D eigenvalue weighted by atomic mass is 10.0. The zero-order valence-corrected chi connectivity index (χ0v) is 8.70. The molecule has 1 amide bonds. The molecule has 0 unspecified atom stereocenters. The molecule has 84 valence electrons. The maximum atomic E-state index is 11.3. The average Bonchev–Trinajstić information content (AvgIpc) is 3.04. The van der Waals surface area contributed by atoms with Crippen LogP contribution in [0.2, 0.25) is 0 Å². The first-order chi connectivity index (χ1) is 7.16. The van der Waals surface area contributed by atoms with Crippen molar-refractivity contribution in [1.82, 2.24) is 5.32 Å². The Morgan fingerprint density at radius 2 is 2.20 bits per heavy atom. The predicted molar refractivity (Wildman–Crippen MR) is 55.4 cm³/mol. The number of amidine groups is 1. The van der Waals surface area contributed by atoms with Crippen LogP contribution in [0.5, 0.6) is 0 Å². The van der Waals surface area contributed by atoms with Crippen molar-refractivity contribution < 1.29 is 10.0 Å². The highest BCUT2D eigenvalue weighted by atomic mass is 16.4. The molecule has 2 saturated carbocycles. The molecule has 0 atom stereocenters. The van der Waals surface area contributed by atoms with Crippen molar-refractivity contribution in [3.05, 3.63) is 0 Å². The van der Waals surface area contributed by atoms with E-state index < -0.39 is 0 Å². The summed E-state index contributed by atoms with van der Waals surface area (Å²) in [5.74, 6) is 0.641. The van der Waals surface area contributed by atoms with Gasteiger partial charge in [0.05, 0.1) is 6.42 Å². The van der Waals surface area contributed by atoms with Crippen LogP contribution in [0.4, 0.5) is 0 Å². The Morgan fingerprint density at radius 3 is 2.67 bits per heavy atom. The van der Waals surface area contributed by atoms with Gasteiger partial charge in [0.2, 0.25) is 5.91 Å². The van der Waals surface area contributed by atoms with Crippen LogP contribution in [-0.4, -0.2) is 23.5 Å². The summed E-state index contributed by atoms with van der Waals surface area (Å²) in [4.78, 5) is 11.3. The van der Waals surface area contributed by atoms with Gasteiger partial charge in [-0.3, -0.25) is 4.79 Å². The first-order valence-corrected chi connectivity index (χ1v) is 5.39. The van der Waals surface area contributed by atoms with Crippen molar-refractivity contribution in [2.75, 3.05) is 6.54 Å². The van der Waals surface area contributed by atoms with E-state index in [1.54, 1.807) is 0 Å². The Balaban J connectivity index is 1.71. The Hall–Kier alpha value is -1.26. The minimum Gasteiger partial charge on any atom is -0.409 e. The molecule has 0 bridgehead atoms. The third-order valence-corrected chi connectivity index (χ3v) is 3.44. The van der Waals surface area contributed by atoms with E-state index >= 15 is 0 Å². The molecule has 0 spiro atoms. The summed E-state index contributed by atoms with van der Waals surface area (Å²) < 4.78 is 0. The smallest absolute Gasteiger partial charge is 0.227 e. The molecular formula is C10H17N3O2. The Bertz CT molecular complexity index is 293. The van der Waals surface area contributed by atoms with Crippen molar-refractivity contribution in [3.8, 4) is 0 Å². The molecule has 4 N–H and O–H groups in total. The fourth-order valence-electron chi connectivity index (χ4n) is 2.12. The van der Waals surface area contributed by atoms with Crippen LogP contribution in [0.15, 0.2) is 5.16 Å². The van der Waals surface area contributed by atoms with Gasteiger partial charge in [-0.1, -0.05) is 5.16 Å². The van der Waals surface area contributed by atoms with Crippen molar-refractivity contribution >= 4 is 11.7 Å². The number of hydrogen-bond acceptors (Lipinski definition) is 3. The molecule has 0 aliphatic heterocycles. The van der Waals surface area contributed by atoms with Gasteiger partial charge in [-0.2, -0.15) is 0 Å². The fraction of sp³-hybridized carbons (Fsp3) is 0.800. The lowest BCUT2D eigenvalue weighted by molar-refractivity contribution is -0.120. The number of carbonyl (C=O) groups excluding carboxylic acids is 1. The maximum absolute atomic E-state index is 11.3. The van der Waals surface area contributed by atoms with Gasteiger partial charge in [0, 0.05) is 6.54 Å². The molecule has 2 fully saturated rings. The summed E-state index contributed by atoms with van der Waals surface area (Å²) in [6.45, 7) is 0.759. The number of carbonyl (C=O) groups is 1. The minimum atomic E-state index is -0.155. The van der Waals surface area contributed by atoms with Crippen LogP contribution in [0.25, 0.3) is 0 Å². The summed E-state index contributed by atoms with van der Waals surface area (Å²) in [5, 5.41) is 13.9. The number of oxime groups is 1. The quantitative estimate of drug-likeness (QED) is 0.267. The first-order valence-electron chi connectivity index (χ1n) is 5.39. The molecule has 2 aliphatic rings. The van der Waals surface area contributed by atoms with Gasteiger partial charge >= 0.3 is 0 Å². The molecule has 0 aromatic rings. The van der Waals surface area contributed by atoms with E-state index in [4.69, 9.17) is 10.9 Å². The van der Waals surface area contributed by atoms with E-state index in [2.05, 4.69) is 10.5 Å². The fourth-order valence-corrected chi connectivity index (χ4v) is 2.12. The molecule has 0 aromatic heterocycles. The number of nitrogens with zero attached hydrogens (tertiary/aromatic N) is 1. The van der Waals surface area contributed by atoms with Crippen LogP contribution in [-0.2, 0) is 4.79 Å². The summed E-state index contributed by atoms with van der Waals surface area (Å²) >= 11 is 0. The van der Waals surface area contributed by atoms with Crippen LogP contribution in [0.1, 0.15) is 32.1 Å². The summed E-state index contributed by atoms with van der Waals surface area (Å²) in [5.41, 5.74) is 5.64. The molecule has 5 nitrogen and oxygen atoms in total. The van der Waals surface area contributed by atoms with Gasteiger partial charge in [-0.15, -0.1) is 0 Å². The Labute approximate surface area is 88.7 Å². The lowest BCUT2D eigenvalue weighted by Crippen LogP contribution is -2.33. The summed E-state index contributed by atoms with van der Waals surface area (Å²) in [6.07, 6.45) is 5.09. The molecule has 2 aliphatic carbocycles. The second kappa shape index (κ2) is 3.72. The number of rotatable bonds is 5. The van der Waals surface area contributed by atoms with Gasteiger partial charge in [-0.25, -0.2) is 0 Å². The lowest BCUT2D eigenvalue weighted by Gasteiger charge is -2.14. The van der Waals surface area contributed by atoms with E-state index in [0.717, 1.165) is 12.5 Å². The zero-order valence-electron chi connectivity index (χ0n) is 8.70. The van der Waals surface area contributed by atoms with E-state index in [0.29, 0.717) is 5.41 Å². The van der Waals surface area contributed by atoms with Gasteiger partial charge < -0.3 is 16.3 Å². The van der Waals surface area contributed by atoms with E-state index in [-0.39, 0.29) is 18.2 Å². The SMILES string of the molecule is NC(CC(=O)NCC1(C2CC2)CC1)=NO. The number of hydrogen-bond donors (Lipinski definition) is 3. The summed E-state index contributed by atoms with van der Waals surface area (Å²) in [6, 6.07) is 0. The molecule has 0 aromatic carbocycles. The zero-order chi connectivity index (χ0) is 10.9. The van der Waals surface area contributed by atoms with Crippen LogP contribution in [0, 0.1) is 11.3 Å².